The number of nitrogens with zero attached hydrogens (tertiary/aromatic N) is 1. The van der Waals surface area contributed by atoms with Gasteiger partial charge in [-0.3, -0.25) is 15.0 Å². The maximum atomic E-state index is 13.5. The van der Waals surface area contributed by atoms with Crippen LogP contribution in [0.4, 0.5) is 9.59 Å². The Labute approximate surface area is 271 Å². The Morgan fingerprint density at radius 1 is 0.739 bits per heavy atom. The molecular weight excluding hydrogens is 594 g/mol. The van der Waals surface area contributed by atoms with Gasteiger partial charge in [0.2, 0.25) is 5.91 Å². The first-order valence-corrected chi connectivity index (χ1v) is 15.6. The number of nitrogens with one attached hydrogen (secondary N) is 4. The predicted molar refractivity (Wildman–Crippen MR) is 172 cm³/mol. The van der Waals surface area contributed by atoms with Crippen molar-refractivity contribution < 1.29 is 38.9 Å². The lowest BCUT2D eigenvalue weighted by Gasteiger charge is -2.33. The molecule has 0 saturated carbocycles. The molecule has 0 aliphatic heterocycles. The van der Waals surface area contributed by atoms with Crippen molar-refractivity contribution >= 4 is 24.0 Å². The van der Waals surface area contributed by atoms with E-state index < -0.39 is 48.2 Å². The fourth-order valence-corrected chi connectivity index (χ4v) is 4.64. The molecule has 0 fully saturated rings. The van der Waals surface area contributed by atoms with Gasteiger partial charge in [0.05, 0.1) is 25.4 Å². The van der Waals surface area contributed by atoms with Crippen LogP contribution in [0.2, 0.25) is 0 Å². The van der Waals surface area contributed by atoms with Gasteiger partial charge in [-0.1, -0.05) is 70.2 Å². The van der Waals surface area contributed by atoms with Crippen molar-refractivity contribution in [2.24, 2.45) is 11.8 Å². The average molecular weight is 644 g/mol. The number of aliphatic hydroxyl groups is 1. The van der Waals surface area contributed by atoms with E-state index in [2.05, 4.69) is 21.4 Å². The van der Waals surface area contributed by atoms with E-state index in [4.69, 9.17) is 9.47 Å². The molecule has 46 heavy (non-hydrogen) atoms. The Balaban J connectivity index is 2.36. The van der Waals surface area contributed by atoms with E-state index in [0.29, 0.717) is 5.56 Å². The highest BCUT2D eigenvalue weighted by atomic mass is 16.6. The van der Waals surface area contributed by atoms with Gasteiger partial charge < -0.3 is 35.6 Å². The number of aliphatic hydroxyl groups excluding tert-OH is 1. The normalized spacial score (nSPS) is 13.8. The minimum atomic E-state index is -1.22. The second-order valence-corrected chi connectivity index (χ2v) is 11.6. The van der Waals surface area contributed by atoms with E-state index in [0.717, 1.165) is 5.56 Å². The van der Waals surface area contributed by atoms with E-state index in [1.807, 2.05) is 30.3 Å². The molecule has 0 aliphatic carbocycles. The summed E-state index contributed by atoms with van der Waals surface area (Å²) in [6, 6.07) is 12.9. The lowest BCUT2D eigenvalue weighted by molar-refractivity contribution is -0.131. The molecule has 2 aromatic carbocycles. The van der Waals surface area contributed by atoms with Gasteiger partial charge in [0.1, 0.15) is 17.8 Å². The van der Waals surface area contributed by atoms with Gasteiger partial charge in [0.15, 0.2) is 0 Å². The molecule has 0 spiro atoms. The van der Waals surface area contributed by atoms with Crippen molar-refractivity contribution in [3.05, 3.63) is 65.7 Å². The number of amides is 4. The number of carbonyl (C=O) groups excluding carboxylic acids is 4. The summed E-state index contributed by atoms with van der Waals surface area (Å²) >= 11 is 0. The van der Waals surface area contributed by atoms with Gasteiger partial charge >= 0.3 is 12.2 Å². The van der Waals surface area contributed by atoms with Gasteiger partial charge in [-0.05, 0) is 55.4 Å². The first-order chi connectivity index (χ1) is 21.8. The van der Waals surface area contributed by atoms with Gasteiger partial charge in [-0.2, -0.15) is 0 Å². The van der Waals surface area contributed by atoms with Crippen LogP contribution in [0, 0.1) is 11.8 Å². The van der Waals surface area contributed by atoms with Crippen LogP contribution in [0.5, 0.6) is 5.75 Å². The number of hydrogen-bond donors (Lipinski definition) is 6. The first kappa shape index (κ1) is 37.8. The monoisotopic (exact) mass is 643 g/mol. The molecule has 0 aliphatic rings. The number of aromatic hydroxyl groups is 1. The van der Waals surface area contributed by atoms with Crippen LogP contribution in [0.3, 0.4) is 0 Å². The Morgan fingerprint density at radius 2 is 1.26 bits per heavy atom. The van der Waals surface area contributed by atoms with Gasteiger partial charge in [-0.25, -0.2) is 14.6 Å². The van der Waals surface area contributed by atoms with Crippen molar-refractivity contribution in [3.8, 4) is 5.75 Å². The zero-order valence-electron chi connectivity index (χ0n) is 27.5. The minimum Gasteiger partial charge on any atom is -0.508 e. The van der Waals surface area contributed by atoms with Crippen molar-refractivity contribution in [1.82, 2.24) is 26.4 Å². The largest absolute Gasteiger partial charge is 0.508 e. The number of phenolic OH excluding ortho intramolecular Hbond substituents is 1. The van der Waals surface area contributed by atoms with E-state index >= 15 is 0 Å². The van der Waals surface area contributed by atoms with E-state index in [-0.39, 0.29) is 50.3 Å². The maximum Gasteiger partial charge on any atom is 0.407 e. The summed E-state index contributed by atoms with van der Waals surface area (Å²) in [7, 11) is 0. The summed E-state index contributed by atoms with van der Waals surface area (Å²) in [6.45, 7) is 10.7. The van der Waals surface area contributed by atoms with Gasteiger partial charge in [-0.15, -0.1) is 0 Å². The maximum absolute atomic E-state index is 13.5. The van der Waals surface area contributed by atoms with Crippen molar-refractivity contribution in [2.45, 2.75) is 78.7 Å². The highest BCUT2D eigenvalue weighted by molar-refractivity contribution is 5.86. The summed E-state index contributed by atoms with van der Waals surface area (Å²) in [6.07, 6.45) is -2.43. The number of alkyl carbamates (subject to hydrolysis) is 2. The zero-order valence-corrected chi connectivity index (χ0v) is 27.5. The van der Waals surface area contributed by atoms with Crippen LogP contribution in [-0.2, 0) is 32.0 Å². The highest BCUT2D eigenvalue weighted by Gasteiger charge is 2.32. The number of rotatable bonds is 17. The van der Waals surface area contributed by atoms with Gasteiger partial charge in [0, 0.05) is 13.1 Å². The lowest BCUT2D eigenvalue weighted by atomic mass is 9.98. The lowest BCUT2D eigenvalue weighted by Crippen LogP contribution is -2.59. The summed E-state index contributed by atoms with van der Waals surface area (Å²) in [5.74, 6) is -1.55. The third-order valence-corrected chi connectivity index (χ3v) is 7.07. The zero-order chi connectivity index (χ0) is 34.2. The molecule has 0 bridgehead atoms. The van der Waals surface area contributed by atoms with E-state index in [9.17, 15) is 29.4 Å². The Morgan fingerprint density at radius 3 is 1.76 bits per heavy atom. The predicted octanol–water partition coefficient (Wildman–Crippen LogP) is 2.86. The quantitative estimate of drug-likeness (QED) is 0.141. The first-order valence-electron chi connectivity index (χ1n) is 15.6. The Hall–Kier alpha value is -4.36. The van der Waals surface area contributed by atoms with Crippen LogP contribution in [-0.4, -0.2) is 83.2 Å². The molecule has 0 unspecified atom stereocenters. The van der Waals surface area contributed by atoms with E-state index in [1.54, 1.807) is 53.7 Å². The summed E-state index contributed by atoms with van der Waals surface area (Å²) in [4.78, 5) is 51.3. The summed E-state index contributed by atoms with van der Waals surface area (Å²) in [5.41, 5.74) is 4.37. The van der Waals surface area contributed by atoms with Crippen LogP contribution in [0.15, 0.2) is 54.6 Å². The average Bonchev–Trinajstić information content (AvgIpc) is 2.99. The Bertz CT molecular complexity index is 1240. The number of hydrogen-bond acceptors (Lipinski definition) is 9. The van der Waals surface area contributed by atoms with Crippen LogP contribution >= 0.6 is 0 Å². The number of carbonyl (C=O) groups is 4. The number of hydrazine groups is 1. The molecule has 2 aromatic rings. The standard InChI is InChI=1S/C33H49N5O8/c1-7-45-32(43)35-28(21(3)4)30(41)34-26(18-23-12-10-9-11-13-23)27(40)20-38(19-24-14-16-25(39)17-15-24)37-31(42)29(22(5)6)36-33(44)46-8-2/h9-17,21-22,26-29,39-40H,7-8,18-20H2,1-6H3,(H,34,41)(H,35,43)(H,36,44)(H,37,42)/t26-,27-,28-,29-/m0/s1. The molecule has 4 atom stereocenters. The molecule has 13 heteroatoms. The molecule has 6 N–H and O–H groups in total. The minimum absolute atomic E-state index is 0.0691. The van der Waals surface area contributed by atoms with E-state index in [1.165, 1.54) is 17.1 Å². The van der Waals surface area contributed by atoms with Crippen LogP contribution in [0.25, 0.3) is 0 Å². The van der Waals surface area contributed by atoms with Crippen LogP contribution < -0.4 is 21.4 Å². The number of ether oxygens (including phenoxy) is 2. The molecule has 0 heterocycles. The fraction of sp³-hybridized carbons (Fsp3) is 0.515. The second kappa shape index (κ2) is 19.2. The Kier molecular flexibility index (Phi) is 15.8. The molecule has 0 radical (unpaired) electrons. The molecule has 4 amide bonds. The summed E-state index contributed by atoms with van der Waals surface area (Å²) in [5, 5.41) is 30.9. The smallest absolute Gasteiger partial charge is 0.407 e. The summed E-state index contributed by atoms with van der Waals surface area (Å²) < 4.78 is 9.94. The van der Waals surface area contributed by atoms with Crippen molar-refractivity contribution in [2.75, 3.05) is 19.8 Å². The molecule has 0 aromatic heterocycles. The third-order valence-electron chi connectivity index (χ3n) is 7.07. The number of phenols is 1. The highest BCUT2D eigenvalue weighted by Crippen LogP contribution is 2.14. The SMILES string of the molecule is CCOC(=O)N[C@H](C(=O)N[C@@H](Cc1ccccc1)[C@@H](O)CN(Cc1ccc(O)cc1)NC(=O)[C@@H](NC(=O)OCC)C(C)C)C(C)C. The molecule has 13 nitrogen and oxygen atoms in total. The van der Waals surface area contributed by atoms with Gasteiger partial charge in [0.25, 0.3) is 5.91 Å². The second-order valence-electron chi connectivity index (χ2n) is 11.6. The van der Waals surface area contributed by atoms with Crippen molar-refractivity contribution in [1.29, 1.82) is 0 Å². The molecule has 0 saturated heterocycles. The molecule has 2 rings (SSSR count). The fourth-order valence-electron chi connectivity index (χ4n) is 4.64. The topological polar surface area (TPSA) is 179 Å². The van der Waals surface area contributed by atoms with Crippen molar-refractivity contribution in [3.63, 3.8) is 0 Å². The third kappa shape index (κ3) is 12.9. The van der Waals surface area contributed by atoms with Crippen LogP contribution in [0.1, 0.15) is 52.7 Å². The molecular formula is C33H49N5O8. The number of benzene rings is 2. The molecule has 254 valence electrons.